The lowest BCUT2D eigenvalue weighted by molar-refractivity contribution is -0.153. The molecule has 0 radical (unpaired) electrons. The second-order valence-electron chi connectivity index (χ2n) is 5.77. The van der Waals surface area contributed by atoms with Gasteiger partial charge in [-0.25, -0.2) is 0 Å². The van der Waals surface area contributed by atoms with Crippen molar-refractivity contribution in [3.63, 3.8) is 0 Å². The number of aliphatic imine (C=N–C) groups is 1. The first-order valence-electron chi connectivity index (χ1n) is 7.61. The molecular weight excluding hydrogens is 307 g/mol. The second kappa shape index (κ2) is 7.57. The predicted octanol–water partition coefficient (Wildman–Crippen LogP) is 3.01. The van der Waals surface area contributed by atoms with Gasteiger partial charge in [-0.3, -0.25) is 4.99 Å². The maximum Gasteiger partial charge on any atom is 0.422 e. The fraction of sp³-hybridized carbons (Fsp3) is 0.562. The highest BCUT2D eigenvalue weighted by atomic mass is 19.4. The van der Waals surface area contributed by atoms with Crippen LogP contribution in [0, 0.1) is 12.8 Å². The number of guanidine groups is 1. The summed E-state index contributed by atoms with van der Waals surface area (Å²) in [6.45, 7) is 1.73. The first kappa shape index (κ1) is 17.4. The van der Waals surface area contributed by atoms with Crippen LogP contribution in [0.4, 0.5) is 13.2 Å². The molecule has 4 nitrogen and oxygen atoms in total. The fourth-order valence-electron chi connectivity index (χ4n) is 2.06. The van der Waals surface area contributed by atoms with Crippen molar-refractivity contribution in [3.8, 4) is 5.75 Å². The van der Waals surface area contributed by atoms with Gasteiger partial charge in [-0.1, -0.05) is 12.1 Å². The molecular formula is C16H22F3N3O. The molecule has 1 fully saturated rings. The monoisotopic (exact) mass is 329 g/mol. The molecule has 0 amide bonds. The number of nitrogens with one attached hydrogen (secondary N) is 2. The van der Waals surface area contributed by atoms with Gasteiger partial charge < -0.3 is 15.4 Å². The Hall–Kier alpha value is -1.92. The predicted molar refractivity (Wildman–Crippen MR) is 83.7 cm³/mol. The van der Waals surface area contributed by atoms with Gasteiger partial charge >= 0.3 is 6.18 Å². The second-order valence-corrected chi connectivity index (χ2v) is 5.77. The highest BCUT2D eigenvalue weighted by Crippen LogP contribution is 2.27. The van der Waals surface area contributed by atoms with E-state index in [-0.39, 0.29) is 5.75 Å². The fourth-order valence-corrected chi connectivity index (χ4v) is 2.06. The molecule has 1 aromatic rings. The van der Waals surface area contributed by atoms with Crippen LogP contribution in [0.15, 0.2) is 23.2 Å². The van der Waals surface area contributed by atoms with Gasteiger partial charge in [0.1, 0.15) is 5.75 Å². The number of hydrogen-bond donors (Lipinski definition) is 2. The minimum atomic E-state index is -4.35. The Labute approximate surface area is 134 Å². The number of halogens is 3. The lowest BCUT2D eigenvalue weighted by Crippen LogP contribution is -2.38. The van der Waals surface area contributed by atoms with Crippen LogP contribution in [-0.4, -0.2) is 32.3 Å². The summed E-state index contributed by atoms with van der Waals surface area (Å²) in [6, 6.07) is 5.23. The minimum absolute atomic E-state index is 0.243. The van der Waals surface area contributed by atoms with Crippen molar-refractivity contribution < 1.29 is 17.9 Å². The lowest BCUT2D eigenvalue weighted by atomic mass is 10.1. The molecule has 1 saturated carbocycles. The van der Waals surface area contributed by atoms with E-state index in [1.54, 1.807) is 19.2 Å². The van der Waals surface area contributed by atoms with E-state index in [2.05, 4.69) is 15.6 Å². The van der Waals surface area contributed by atoms with Crippen molar-refractivity contribution in [3.05, 3.63) is 29.3 Å². The Morgan fingerprint density at radius 1 is 1.30 bits per heavy atom. The Balaban J connectivity index is 1.94. The van der Waals surface area contributed by atoms with Crippen LogP contribution >= 0.6 is 0 Å². The molecule has 0 heterocycles. The zero-order valence-electron chi connectivity index (χ0n) is 13.3. The highest BCUT2D eigenvalue weighted by molar-refractivity contribution is 5.79. The molecule has 0 atom stereocenters. The van der Waals surface area contributed by atoms with E-state index in [9.17, 15) is 13.2 Å². The first-order chi connectivity index (χ1) is 10.9. The SMILES string of the molecule is CN=C(NCc1ccc(C)cc1OCC(F)(F)F)NCC1CC1. The molecule has 0 aliphatic heterocycles. The van der Waals surface area contributed by atoms with Gasteiger partial charge in [0.15, 0.2) is 12.6 Å². The Morgan fingerprint density at radius 2 is 2.04 bits per heavy atom. The summed E-state index contributed by atoms with van der Waals surface area (Å²) in [5, 5.41) is 6.31. The number of aryl methyl sites for hydroxylation is 1. The van der Waals surface area contributed by atoms with Gasteiger partial charge in [0.2, 0.25) is 0 Å². The molecule has 2 rings (SSSR count). The van der Waals surface area contributed by atoms with Crippen LogP contribution < -0.4 is 15.4 Å². The van der Waals surface area contributed by atoms with Gasteiger partial charge in [-0.05, 0) is 37.3 Å². The average Bonchev–Trinajstić information content (AvgIpc) is 3.30. The van der Waals surface area contributed by atoms with Crippen LogP contribution in [-0.2, 0) is 6.54 Å². The number of nitrogens with zero attached hydrogens (tertiary/aromatic N) is 1. The normalized spacial score (nSPS) is 15.4. The zero-order chi connectivity index (χ0) is 16.9. The van der Waals surface area contributed by atoms with Gasteiger partial charge in [0, 0.05) is 25.7 Å². The van der Waals surface area contributed by atoms with E-state index >= 15 is 0 Å². The van der Waals surface area contributed by atoms with E-state index in [0.29, 0.717) is 24.0 Å². The van der Waals surface area contributed by atoms with Gasteiger partial charge in [-0.2, -0.15) is 13.2 Å². The minimum Gasteiger partial charge on any atom is -0.484 e. The molecule has 2 N–H and O–H groups in total. The number of hydrogen-bond acceptors (Lipinski definition) is 2. The first-order valence-corrected chi connectivity index (χ1v) is 7.61. The molecule has 0 spiro atoms. The summed E-state index contributed by atoms with van der Waals surface area (Å²) in [5.41, 5.74) is 1.51. The quantitative estimate of drug-likeness (QED) is 0.623. The molecule has 128 valence electrons. The van der Waals surface area contributed by atoms with E-state index in [1.807, 2.05) is 13.0 Å². The van der Waals surface area contributed by atoms with E-state index in [1.165, 1.54) is 12.8 Å². The highest BCUT2D eigenvalue weighted by Gasteiger charge is 2.28. The molecule has 1 aliphatic carbocycles. The van der Waals surface area contributed by atoms with Crippen molar-refractivity contribution in [2.75, 3.05) is 20.2 Å². The number of alkyl halides is 3. The van der Waals surface area contributed by atoms with Crippen LogP contribution in [0.2, 0.25) is 0 Å². The third-order valence-corrected chi connectivity index (χ3v) is 3.54. The average molecular weight is 329 g/mol. The largest absolute Gasteiger partial charge is 0.484 e. The summed E-state index contributed by atoms with van der Waals surface area (Å²) in [4.78, 5) is 4.11. The molecule has 0 bridgehead atoms. The smallest absolute Gasteiger partial charge is 0.422 e. The van der Waals surface area contributed by atoms with Crippen LogP contribution in [0.5, 0.6) is 5.75 Å². The zero-order valence-corrected chi connectivity index (χ0v) is 13.3. The summed E-state index contributed by atoms with van der Waals surface area (Å²) in [7, 11) is 1.67. The molecule has 1 aliphatic rings. The molecule has 0 unspecified atom stereocenters. The molecule has 1 aromatic carbocycles. The maximum absolute atomic E-state index is 12.4. The van der Waals surface area contributed by atoms with Crippen molar-refractivity contribution in [2.45, 2.75) is 32.5 Å². The molecule has 0 saturated heterocycles. The summed E-state index contributed by atoms with van der Waals surface area (Å²) in [6.07, 6.45) is -1.88. The van der Waals surface area contributed by atoms with Crippen molar-refractivity contribution in [1.29, 1.82) is 0 Å². The standard InChI is InChI=1S/C16H22F3N3O/c1-11-3-6-13(14(7-11)23-10-16(17,18)19)9-22-15(20-2)21-8-12-4-5-12/h3,6-7,12H,4-5,8-10H2,1-2H3,(H2,20,21,22). The van der Waals surface area contributed by atoms with E-state index in [0.717, 1.165) is 12.1 Å². The van der Waals surface area contributed by atoms with Crippen LogP contribution in [0.1, 0.15) is 24.0 Å². The van der Waals surface area contributed by atoms with Crippen molar-refractivity contribution in [1.82, 2.24) is 10.6 Å². The third-order valence-electron chi connectivity index (χ3n) is 3.54. The molecule has 0 aromatic heterocycles. The Bertz CT molecular complexity index is 554. The summed E-state index contributed by atoms with van der Waals surface area (Å²) >= 11 is 0. The van der Waals surface area contributed by atoms with Crippen LogP contribution in [0.25, 0.3) is 0 Å². The molecule has 23 heavy (non-hydrogen) atoms. The van der Waals surface area contributed by atoms with Gasteiger partial charge in [0.05, 0.1) is 0 Å². The van der Waals surface area contributed by atoms with Crippen molar-refractivity contribution >= 4 is 5.96 Å². The number of ether oxygens (including phenoxy) is 1. The topological polar surface area (TPSA) is 45.7 Å². The Kier molecular flexibility index (Phi) is 5.74. The maximum atomic E-state index is 12.4. The van der Waals surface area contributed by atoms with Gasteiger partial charge in [0.25, 0.3) is 0 Å². The van der Waals surface area contributed by atoms with Crippen molar-refractivity contribution in [2.24, 2.45) is 10.9 Å². The van der Waals surface area contributed by atoms with E-state index in [4.69, 9.17) is 4.74 Å². The Morgan fingerprint density at radius 3 is 2.65 bits per heavy atom. The molecule has 7 heteroatoms. The summed E-state index contributed by atoms with van der Waals surface area (Å²) in [5.74, 6) is 1.59. The summed E-state index contributed by atoms with van der Waals surface area (Å²) < 4.78 is 42.0. The van der Waals surface area contributed by atoms with Gasteiger partial charge in [-0.15, -0.1) is 0 Å². The lowest BCUT2D eigenvalue weighted by Gasteiger charge is -2.16. The van der Waals surface area contributed by atoms with E-state index < -0.39 is 12.8 Å². The van der Waals surface area contributed by atoms with Crippen LogP contribution in [0.3, 0.4) is 0 Å². The number of benzene rings is 1. The number of rotatable bonds is 6. The third kappa shape index (κ3) is 6.38.